The third-order valence-corrected chi connectivity index (χ3v) is 3.19. The Hall–Kier alpha value is -1.35. The molecular weight excluding hydrogens is 228 g/mol. The summed E-state index contributed by atoms with van der Waals surface area (Å²) in [6.45, 7) is 1.95. The van der Waals surface area contributed by atoms with Gasteiger partial charge in [0.2, 0.25) is 0 Å². The summed E-state index contributed by atoms with van der Waals surface area (Å²) in [5, 5.41) is 18.9. The van der Waals surface area contributed by atoms with E-state index in [0.717, 1.165) is 19.3 Å². The fourth-order valence-electron chi connectivity index (χ4n) is 2.15. The molecule has 0 saturated heterocycles. The molecule has 0 spiro atoms. The van der Waals surface area contributed by atoms with Crippen molar-refractivity contribution < 1.29 is 15.0 Å². The van der Waals surface area contributed by atoms with Crippen molar-refractivity contribution >= 4 is 5.97 Å². The van der Waals surface area contributed by atoms with E-state index in [1.54, 1.807) is 0 Å². The van der Waals surface area contributed by atoms with Gasteiger partial charge in [0.15, 0.2) is 0 Å². The van der Waals surface area contributed by atoms with Gasteiger partial charge < -0.3 is 10.2 Å². The monoisotopic (exact) mass is 250 g/mol. The third-order valence-electron chi connectivity index (χ3n) is 3.19. The molecule has 1 aromatic carbocycles. The fraction of sp³-hybridized carbons (Fsp3) is 0.533. The first-order valence-corrected chi connectivity index (χ1v) is 6.60. The van der Waals surface area contributed by atoms with E-state index in [-0.39, 0.29) is 0 Å². The summed E-state index contributed by atoms with van der Waals surface area (Å²) in [5.41, 5.74) is 1.21. The van der Waals surface area contributed by atoms with Crippen LogP contribution in [0.4, 0.5) is 0 Å². The molecule has 0 fully saturated rings. The topological polar surface area (TPSA) is 57.5 Å². The van der Waals surface area contributed by atoms with Gasteiger partial charge in [0.1, 0.15) is 0 Å². The molecule has 0 aliphatic rings. The first-order valence-electron chi connectivity index (χ1n) is 6.60. The highest BCUT2D eigenvalue weighted by atomic mass is 16.4. The molecule has 0 radical (unpaired) electrons. The van der Waals surface area contributed by atoms with Crippen LogP contribution in [0.1, 0.15) is 38.2 Å². The molecule has 0 saturated carbocycles. The van der Waals surface area contributed by atoms with Gasteiger partial charge in [0, 0.05) is 0 Å². The summed E-state index contributed by atoms with van der Waals surface area (Å²) in [6.07, 6.45) is 2.84. The molecule has 1 rings (SSSR count). The smallest absolute Gasteiger partial charge is 0.309 e. The van der Waals surface area contributed by atoms with Crippen LogP contribution in [0.2, 0.25) is 0 Å². The highest BCUT2D eigenvalue weighted by Crippen LogP contribution is 2.18. The number of carboxylic acid groups (broad SMARTS) is 1. The Kier molecular flexibility index (Phi) is 6.44. The molecule has 0 aliphatic heterocycles. The highest BCUT2D eigenvalue weighted by molar-refractivity contribution is 5.70. The maximum atomic E-state index is 11.1. The molecule has 0 amide bonds. The minimum atomic E-state index is -0.885. The largest absolute Gasteiger partial charge is 0.481 e. The van der Waals surface area contributed by atoms with E-state index in [4.69, 9.17) is 5.11 Å². The summed E-state index contributed by atoms with van der Waals surface area (Å²) in [6, 6.07) is 10.0. The van der Waals surface area contributed by atoms with Gasteiger partial charge in [-0.25, -0.2) is 0 Å². The molecule has 1 aromatic rings. The van der Waals surface area contributed by atoms with Crippen LogP contribution in [0.25, 0.3) is 0 Å². The van der Waals surface area contributed by atoms with Crippen molar-refractivity contribution in [1.82, 2.24) is 0 Å². The van der Waals surface area contributed by atoms with Gasteiger partial charge in [-0.2, -0.15) is 0 Å². The van der Waals surface area contributed by atoms with E-state index < -0.39 is 18.0 Å². The van der Waals surface area contributed by atoms with E-state index >= 15 is 0 Å². The Morgan fingerprint density at radius 1 is 1.22 bits per heavy atom. The van der Waals surface area contributed by atoms with Crippen LogP contribution in [0, 0.1) is 5.92 Å². The van der Waals surface area contributed by atoms with Crippen molar-refractivity contribution in [2.24, 2.45) is 5.92 Å². The van der Waals surface area contributed by atoms with Crippen LogP contribution in [0.5, 0.6) is 0 Å². The number of rotatable bonds is 8. The first-order chi connectivity index (χ1) is 8.65. The maximum absolute atomic E-state index is 11.1. The van der Waals surface area contributed by atoms with Crippen LogP contribution in [-0.4, -0.2) is 22.3 Å². The summed E-state index contributed by atoms with van der Waals surface area (Å²) in [7, 11) is 0. The molecule has 2 N–H and O–H groups in total. The SMILES string of the molecule is CCCC(O)C(CCCc1ccccc1)C(=O)O. The lowest BCUT2D eigenvalue weighted by Gasteiger charge is -2.18. The van der Waals surface area contributed by atoms with Crippen molar-refractivity contribution in [3.63, 3.8) is 0 Å². The number of aryl methyl sites for hydroxylation is 1. The number of aliphatic hydroxyl groups is 1. The molecule has 2 atom stereocenters. The normalized spacial score (nSPS) is 14.1. The highest BCUT2D eigenvalue weighted by Gasteiger charge is 2.25. The second-order valence-corrected chi connectivity index (χ2v) is 4.68. The van der Waals surface area contributed by atoms with Gasteiger partial charge in [0.05, 0.1) is 12.0 Å². The molecule has 0 aromatic heterocycles. The zero-order valence-corrected chi connectivity index (χ0v) is 10.9. The van der Waals surface area contributed by atoms with Crippen LogP contribution in [-0.2, 0) is 11.2 Å². The van der Waals surface area contributed by atoms with E-state index in [1.807, 2.05) is 37.3 Å². The second kappa shape index (κ2) is 7.88. The van der Waals surface area contributed by atoms with Gasteiger partial charge >= 0.3 is 5.97 Å². The van der Waals surface area contributed by atoms with Crippen LogP contribution in [0.3, 0.4) is 0 Å². The van der Waals surface area contributed by atoms with Gasteiger partial charge in [-0.15, -0.1) is 0 Å². The number of aliphatic carboxylic acids is 1. The number of carboxylic acids is 1. The van der Waals surface area contributed by atoms with Gasteiger partial charge in [-0.05, 0) is 31.2 Å². The van der Waals surface area contributed by atoms with Crippen molar-refractivity contribution in [2.45, 2.75) is 45.1 Å². The van der Waals surface area contributed by atoms with Gasteiger partial charge in [-0.3, -0.25) is 4.79 Å². The van der Waals surface area contributed by atoms with Gasteiger partial charge in [0.25, 0.3) is 0 Å². The number of benzene rings is 1. The second-order valence-electron chi connectivity index (χ2n) is 4.68. The number of hydrogen-bond acceptors (Lipinski definition) is 2. The Balaban J connectivity index is 2.41. The lowest BCUT2D eigenvalue weighted by atomic mass is 9.92. The summed E-state index contributed by atoms with van der Waals surface area (Å²) >= 11 is 0. The van der Waals surface area contributed by atoms with Crippen molar-refractivity contribution in [1.29, 1.82) is 0 Å². The maximum Gasteiger partial charge on any atom is 0.309 e. The zero-order valence-electron chi connectivity index (χ0n) is 10.9. The molecule has 0 bridgehead atoms. The lowest BCUT2D eigenvalue weighted by molar-refractivity contribution is -0.146. The Morgan fingerprint density at radius 2 is 1.89 bits per heavy atom. The molecule has 3 nitrogen and oxygen atoms in total. The summed E-state index contributed by atoms with van der Waals surface area (Å²) in [5.74, 6) is -1.52. The minimum Gasteiger partial charge on any atom is -0.481 e. The van der Waals surface area contributed by atoms with Crippen LogP contribution < -0.4 is 0 Å². The molecule has 0 heterocycles. The molecule has 100 valence electrons. The first kappa shape index (κ1) is 14.7. The van der Waals surface area contributed by atoms with E-state index in [1.165, 1.54) is 5.56 Å². The quantitative estimate of drug-likeness (QED) is 0.746. The van der Waals surface area contributed by atoms with Gasteiger partial charge in [-0.1, -0.05) is 43.7 Å². The molecule has 2 unspecified atom stereocenters. The van der Waals surface area contributed by atoms with E-state index in [0.29, 0.717) is 12.8 Å². The minimum absolute atomic E-state index is 0.533. The lowest BCUT2D eigenvalue weighted by Crippen LogP contribution is -2.28. The predicted molar refractivity (Wildman–Crippen MR) is 71.4 cm³/mol. The number of carbonyl (C=O) groups is 1. The zero-order chi connectivity index (χ0) is 13.4. The van der Waals surface area contributed by atoms with Crippen molar-refractivity contribution in [3.8, 4) is 0 Å². The molecule has 3 heteroatoms. The average molecular weight is 250 g/mol. The fourth-order valence-corrected chi connectivity index (χ4v) is 2.15. The number of aliphatic hydroxyl groups excluding tert-OH is 1. The van der Waals surface area contributed by atoms with E-state index in [2.05, 4.69) is 0 Å². The van der Waals surface area contributed by atoms with E-state index in [9.17, 15) is 9.90 Å². The molecular formula is C15H22O3. The van der Waals surface area contributed by atoms with Crippen LogP contribution >= 0.6 is 0 Å². The Labute approximate surface area is 108 Å². The standard InChI is InChI=1S/C15H22O3/c1-2-7-14(16)13(15(17)18)11-6-10-12-8-4-3-5-9-12/h3-5,8-9,13-14,16H,2,6-7,10-11H2,1H3,(H,17,18). The Bertz CT molecular complexity index is 348. The van der Waals surface area contributed by atoms with Crippen molar-refractivity contribution in [3.05, 3.63) is 35.9 Å². The van der Waals surface area contributed by atoms with Crippen LogP contribution in [0.15, 0.2) is 30.3 Å². The molecule has 18 heavy (non-hydrogen) atoms. The third kappa shape index (κ3) is 4.88. The number of hydrogen-bond donors (Lipinski definition) is 2. The summed E-state index contributed by atoms with van der Waals surface area (Å²) < 4.78 is 0. The predicted octanol–water partition coefficient (Wildman–Crippen LogP) is 2.87. The van der Waals surface area contributed by atoms with Crippen molar-refractivity contribution in [2.75, 3.05) is 0 Å². The average Bonchev–Trinajstić information content (AvgIpc) is 2.35. The summed E-state index contributed by atoms with van der Waals surface area (Å²) in [4.78, 5) is 11.1. The Morgan fingerprint density at radius 3 is 2.44 bits per heavy atom. The molecule has 0 aliphatic carbocycles.